The fraction of sp³-hybridized carbons (Fsp3) is 0.778. The highest BCUT2D eigenvalue weighted by atomic mass is 35.6. The Hall–Kier alpha value is 0.610. The largest absolute Gasteiger partial charge is 0.209 e. The summed E-state index contributed by atoms with van der Waals surface area (Å²) in [5.74, 6) is 0. The third-order valence-corrected chi connectivity index (χ3v) is 1.91. The van der Waals surface area contributed by atoms with E-state index in [-0.39, 0.29) is 0 Å². The van der Waals surface area contributed by atoms with Crippen LogP contribution in [0.25, 0.3) is 0 Å². The van der Waals surface area contributed by atoms with Crippen LogP contribution in [0, 0.1) is 0 Å². The molecule has 0 radical (unpaired) electrons. The minimum absolute atomic E-state index is 1.01. The van der Waals surface area contributed by atoms with Gasteiger partial charge in [0.15, 0.2) is 0 Å². The van der Waals surface area contributed by atoms with E-state index in [0.717, 1.165) is 6.42 Å². The second-order valence-electron chi connectivity index (χ2n) is 2.79. The molecule has 0 spiro atoms. The molecule has 0 N–H and O–H groups in total. The summed E-state index contributed by atoms with van der Waals surface area (Å²) in [6.45, 7) is 2.19. The van der Waals surface area contributed by atoms with Crippen molar-refractivity contribution in [2.45, 2.75) is 42.8 Å². The molecule has 0 heterocycles. The van der Waals surface area contributed by atoms with Gasteiger partial charge in [0, 0.05) is 0 Å². The third kappa shape index (κ3) is 10.6. The molecule has 0 bridgehead atoms. The van der Waals surface area contributed by atoms with E-state index in [1.165, 1.54) is 25.7 Å². The number of allylic oxidation sites excluding steroid dienone is 2. The van der Waals surface area contributed by atoms with Gasteiger partial charge in [-0.1, -0.05) is 67.1 Å². The van der Waals surface area contributed by atoms with Gasteiger partial charge < -0.3 is 0 Å². The van der Waals surface area contributed by atoms with Crippen molar-refractivity contribution >= 4 is 34.8 Å². The van der Waals surface area contributed by atoms with Gasteiger partial charge in [0.2, 0.25) is 3.79 Å². The topological polar surface area (TPSA) is 0 Å². The van der Waals surface area contributed by atoms with Crippen molar-refractivity contribution in [3.63, 3.8) is 0 Å². The number of halogens is 3. The van der Waals surface area contributed by atoms with Gasteiger partial charge >= 0.3 is 0 Å². The summed E-state index contributed by atoms with van der Waals surface area (Å²) in [7, 11) is 0. The molecule has 0 saturated heterocycles. The van der Waals surface area contributed by atoms with Gasteiger partial charge in [-0.2, -0.15) is 0 Å². The smallest absolute Gasteiger partial charge is 0.0843 e. The summed E-state index contributed by atoms with van der Waals surface area (Å²) in [5.41, 5.74) is 0. The van der Waals surface area contributed by atoms with E-state index >= 15 is 0 Å². The van der Waals surface area contributed by atoms with E-state index in [2.05, 4.69) is 6.92 Å². The summed E-state index contributed by atoms with van der Waals surface area (Å²) in [6, 6.07) is 0. The molecule has 0 atom stereocenters. The van der Waals surface area contributed by atoms with Crippen LogP contribution < -0.4 is 0 Å². The Morgan fingerprint density at radius 3 is 2.25 bits per heavy atom. The molecular weight excluding hydrogens is 214 g/mol. The van der Waals surface area contributed by atoms with Crippen molar-refractivity contribution < 1.29 is 0 Å². The quantitative estimate of drug-likeness (QED) is 0.358. The van der Waals surface area contributed by atoms with Crippen LogP contribution in [0.2, 0.25) is 0 Å². The molecule has 72 valence electrons. The second kappa shape index (κ2) is 7.06. The molecule has 0 fully saturated rings. The number of rotatable bonds is 5. The van der Waals surface area contributed by atoms with Crippen LogP contribution in [0.1, 0.15) is 39.0 Å². The fourth-order valence-corrected chi connectivity index (χ4v) is 1.17. The lowest BCUT2D eigenvalue weighted by atomic mass is 10.1. The van der Waals surface area contributed by atoms with Crippen molar-refractivity contribution in [2.24, 2.45) is 0 Å². The fourth-order valence-electron chi connectivity index (χ4n) is 0.906. The first kappa shape index (κ1) is 12.6. The monoisotopic (exact) mass is 228 g/mol. The highest BCUT2D eigenvalue weighted by Gasteiger charge is 2.12. The van der Waals surface area contributed by atoms with E-state index in [4.69, 9.17) is 34.8 Å². The number of hydrogen-bond acceptors (Lipinski definition) is 0. The highest BCUT2D eigenvalue weighted by molar-refractivity contribution is 6.68. The van der Waals surface area contributed by atoms with Crippen LogP contribution in [0.15, 0.2) is 12.2 Å². The Balaban J connectivity index is 3.25. The average molecular weight is 230 g/mol. The predicted molar refractivity (Wildman–Crippen MR) is 58.2 cm³/mol. The molecule has 0 nitrogen and oxygen atoms in total. The third-order valence-electron chi connectivity index (χ3n) is 1.53. The normalized spacial score (nSPS) is 12.7. The van der Waals surface area contributed by atoms with Crippen molar-refractivity contribution in [1.29, 1.82) is 0 Å². The lowest BCUT2D eigenvalue weighted by molar-refractivity contribution is 0.674. The minimum Gasteiger partial charge on any atom is -0.0843 e. The number of hydrogen-bond donors (Lipinski definition) is 0. The zero-order valence-electron chi connectivity index (χ0n) is 7.32. The van der Waals surface area contributed by atoms with Crippen LogP contribution >= 0.6 is 34.8 Å². The van der Waals surface area contributed by atoms with Crippen LogP contribution in [0.4, 0.5) is 0 Å². The predicted octanol–water partition coefficient (Wildman–Crippen LogP) is 4.88. The molecule has 0 aliphatic carbocycles. The molecule has 0 unspecified atom stereocenters. The van der Waals surface area contributed by atoms with Crippen molar-refractivity contribution in [3.8, 4) is 0 Å². The van der Waals surface area contributed by atoms with Crippen LogP contribution in [-0.2, 0) is 0 Å². The molecule has 0 saturated carbocycles. The van der Waals surface area contributed by atoms with Gasteiger partial charge in [-0.25, -0.2) is 0 Å². The molecule has 0 aliphatic heterocycles. The maximum absolute atomic E-state index is 5.52. The SMILES string of the molecule is CCCCCCC=CC(Cl)(Cl)Cl. The van der Waals surface area contributed by atoms with Crippen LogP contribution in [0.5, 0.6) is 0 Å². The summed E-state index contributed by atoms with van der Waals surface area (Å²) >= 11 is 16.6. The Kier molecular flexibility index (Phi) is 7.41. The van der Waals surface area contributed by atoms with Crippen LogP contribution in [-0.4, -0.2) is 3.79 Å². The van der Waals surface area contributed by atoms with E-state index in [0.29, 0.717) is 0 Å². The Bertz CT molecular complexity index is 124. The maximum Gasteiger partial charge on any atom is 0.209 e. The van der Waals surface area contributed by atoms with Crippen molar-refractivity contribution in [3.05, 3.63) is 12.2 Å². The number of unbranched alkanes of at least 4 members (excludes halogenated alkanes) is 4. The lowest BCUT2D eigenvalue weighted by Gasteiger charge is -2.01. The molecule has 0 aromatic carbocycles. The van der Waals surface area contributed by atoms with Crippen molar-refractivity contribution in [1.82, 2.24) is 0 Å². The molecule has 12 heavy (non-hydrogen) atoms. The Labute approximate surface area is 89.9 Å². The van der Waals surface area contributed by atoms with E-state index < -0.39 is 3.79 Å². The van der Waals surface area contributed by atoms with E-state index in [1.54, 1.807) is 6.08 Å². The van der Waals surface area contributed by atoms with E-state index in [9.17, 15) is 0 Å². The first-order valence-electron chi connectivity index (χ1n) is 4.30. The Morgan fingerprint density at radius 2 is 1.75 bits per heavy atom. The highest BCUT2D eigenvalue weighted by Crippen LogP contribution is 2.27. The van der Waals surface area contributed by atoms with Gasteiger partial charge in [0.25, 0.3) is 0 Å². The molecule has 0 rings (SSSR count). The second-order valence-corrected chi connectivity index (χ2v) is 5.16. The molecule has 0 aromatic rings. The maximum atomic E-state index is 5.52. The van der Waals surface area contributed by atoms with Gasteiger partial charge in [-0.3, -0.25) is 0 Å². The van der Waals surface area contributed by atoms with Crippen LogP contribution in [0.3, 0.4) is 0 Å². The number of alkyl halides is 3. The summed E-state index contributed by atoms with van der Waals surface area (Å²) < 4.78 is -1.22. The minimum atomic E-state index is -1.22. The first-order chi connectivity index (χ1) is 5.56. The van der Waals surface area contributed by atoms with Gasteiger partial charge in [-0.05, 0) is 18.9 Å². The molecule has 0 aromatic heterocycles. The first-order valence-corrected chi connectivity index (χ1v) is 5.44. The summed E-state index contributed by atoms with van der Waals surface area (Å²) in [4.78, 5) is 0. The molecular formula is C9H15Cl3. The van der Waals surface area contributed by atoms with Gasteiger partial charge in [0.1, 0.15) is 0 Å². The summed E-state index contributed by atoms with van der Waals surface area (Å²) in [5, 5.41) is 0. The average Bonchev–Trinajstić information content (AvgIpc) is 1.94. The van der Waals surface area contributed by atoms with Gasteiger partial charge in [0.05, 0.1) is 0 Å². The molecule has 3 heteroatoms. The van der Waals surface area contributed by atoms with Gasteiger partial charge in [-0.15, -0.1) is 0 Å². The zero-order chi connectivity index (χ0) is 9.45. The lowest BCUT2D eigenvalue weighted by Crippen LogP contribution is -1.93. The Morgan fingerprint density at radius 1 is 1.08 bits per heavy atom. The standard InChI is InChI=1S/C9H15Cl3/c1-2-3-4-5-6-7-8-9(10,11)12/h7-8H,2-6H2,1H3. The van der Waals surface area contributed by atoms with Crippen molar-refractivity contribution in [2.75, 3.05) is 0 Å². The van der Waals surface area contributed by atoms with E-state index in [1.807, 2.05) is 6.08 Å². The molecule has 0 amide bonds. The zero-order valence-corrected chi connectivity index (χ0v) is 9.59. The summed E-state index contributed by atoms with van der Waals surface area (Å²) in [6.07, 6.45) is 9.56. The molecule has 0 aliphatic rings.